The van der Waals surface area contributed by atoms with E-state index in [4.69, 9.17) is 0 Å². The minimum absolute atomic E-state index is 0.0278. The van der Waals surface area contributed by atoms with Crippen molar-refractivity contribution in [2.45, 2.75) is 64.8 Å². The van der Waals surface area contributed by atoms with Crippen LogP contribution in [0, 0.1) is 17.7 Å². The molecule has 1 aliphatic carbocycles. The highest BCUT2D eigenvalue weighted by Gasteiger charge is 2.32. The van der Waals surface area contributed by atoms with Crippen molar-refractivity contribution in [2.75, 3.05) is 6.54 Å². The van der Waals surface area contributed by atoms with E-state index in [1.807, 2.05) is 12.1 Å². The molecule has 0 heterocycles. The molecule has 1 aromatic carbocycles. The van der Waals surface area contributed by atoms with E-state index in [-0.39, 0.29) is 11.4 Å². The third-order valence-corrected chi connectivity index (χ3v) is 4.88. The maximum Gasteiger partial charge on any atom is 0.126 e. The van der Waals surface area contributed by atoms with Crippen LogP contribution in [0.4, 0.5) is 4.39 Å². The summed E-state index contributed by atoms with van der Waals surface area (Å²) >= 11 is 0. The number of hydrogen-bond donors (Lipinski definition) is 1. The van der Waals surface area contributed by atoms with Gasteiger partial charge in [-0.15, -0.1) is 0 Å². The molecule has 0 bridgehead atoms. The lowest BCUT2D eigenvalue weighted by Crippen LogP contribution is -2.41. The van der Waals surface area contributed by atoms with Crippen LogP contribution < -0.4 is 5.32 Å². The average Bonchev–Trinajstić information content (AvgIpc) is 2.45. The smallest absolute Gasteiger partial charge is 0.126 e. The molecular formula is C19H30FN. The highest BCUT2D eigenvalue weighted by Crippen LogP contribution is 2.42. The molecule has 2 heteroatoms. The van der Waals surface area contributed by atoms with Gasteiger partial charge in [0, 0.05) is 5.54 Å². The van der Waals surface area contributed by atoms with E-state index in [2.05, 4.69) is 33.0 Å². The maximum absolute atomic E-state index is 14.2. The zero-order valence-corrected chi connectivity index (χ0v) is 14.0. The van der Waals surface area contributed by atoms with Crippen molar-refractivity contribution in [3.63, 3.8) is 0 Å². The summed E-state index contributed by atoms with van der Waals surface area (Å²) < 4.78 is 14.2. The molecule has 2 rings (SSSR count). The van der Waals surface area contributed by atoms with E-state index in [1.165, 1.54) is 19.3 Å². The first-order valence-corrected chi connectivity index (χ1v) is 8.40. The van der Waals surface area contributed by atoms with E-state index in [1.54, 1.807) is 12.1 Å². The van der Waals surface area contributed by atoms with Crippen molar-refractivity contribution in [1.82, 2.24) is 5.32 Å². The van der Waals surface area contributed by atoms with E-state index >= 15 is 0 Å². The molecule has 118 valence electrons. The molecular weight excluding hydrogens is 261 g/mol. The molecule has 0 spiro atoms. The minimum atomic E-state index is -0.0278. The molecule has 0 saturated heterocycles. The van der Waals surface area contributed by atoms with Crippen LogP contribution in [0.25, 0.3) is 0 Å². The Balaban J connectivity index is 2.16. The number of halogens is 1. The van der Waals surface area contributed by atoms with Crippen molar-refractivity contribution < 1.29 is 4.39 Å². The number of rotatable bonds is 4. The van der Waals surface area contributed by atoms with Gasteiger partial charge in [0.1, 0.15) is 5.82 Å². The zero-order valence-electron chi connectivity index (χ0n) is 14.0. The Labute approximate surface area is 129 Å². The van der Waals surface area contributed by atoms with E-state index in [9.17, 15) is 4.39 Å². The lowest BCUT2D eigenvalue weighted by molar-refractivity contribution is 0.210. The van der Waals surface area contributed by atoms with Gasteiger partial charge in [0.15, 0.2) is 0 Å². The molecule has 21 heavy (non-hydrogen) atoms. The van der Waals surface area contributed by atoms with Crippen LogP contribution >= 0.6 is 0 Å². The zero-order chi connectivity index (χ0) is 15.5. The van der Waals surface area contributed by atoms with Gasteiger partial charge < -0.3 is 5.32 Å². The Hall–Kier alpha value is -0.890. The van der Waals surface area contributed by atoms with Gasteiger partial charge in [-0.1, -0.05) is 38.0 Å². The van der Waals surface area contributed by atoms with Crippen molar-refractivity contribution >= 4 is 0 Å². The van der Waals surface area contributed by atoms with Gasteiger partial charge >= 0.3 is 0 Å². The monoisotopic (exact) mass is 291 g/mol. The van der Waals surface area contributed by atoms with Crippen LogP contribution in [-0.2, 0) is 0 Å². The van der Waals surface area contributed by atoms with Crippen LogP contribution in [-0.4, -0.2) is 12.1 Å². The average molecular weight is 291 g/mol. The molecule has 3 unspecified atom stereocenters. The van der Waals surface area contributed by atoms with Gasteiger partial charge in [-0.05, 0) is 69.5 Å². The summed E-state index contributed by atoms with van der Waals surface area (Å²) in [6, 6.07) is 7.37. The summed E-state index contributed by atoms with van der Waals surface area (Å²) in [6.07, 6.45) is 4.84. The first-order valence-electron chi connectivity index (χ1n) is 8.40. The summed E-state index contributed by atoms with van der Waals surface area (Å²) in [4.78, 5) is 0. The van der Waals surface area contributed by atoms with Crippen LogP contribution in [0.1, 0.15) is 64.9 Å². The quantitative estimate of drug-likeness (QED) is 0.811. The highest BCUT2D eigenvalue weighted by molar-refractivity contribution is 5.23. The second kappa shape index (κ2) is 6.91. The van der Waals surface area contributed by atoms with Gasteiger partial charge in [0.05, 0.1) is 0 Å². The Morgan fingerprint density at radius 3 is 2.52 bits per heavy atom. The standard InChI is InChI=1S/C19H30FN/c1-5-14-10-11-15(13-21-19(2,3)4)17(12-14)16-8-6-7-9-18(16)20/h6-9,14-15,17,21H,5,10-13H2,1-4H3. The van der Waals surface area contributed by atoms with E-state index in [0.717, 1.165) is 24.4 Å². The van der Waals surface area contributed by atoms with E-state index in [0.29, 0.717) is 11.8 Å². The number of nitrogens with one attached hydrogen (secondary N) is 1. The van der Waals surface area contributed by atoms with Crippen molar-refractivity contribution in [3.8, 4) is 0 Å². The summed E-state index contributed by atoms with van der Waals surface area (Å²) in [6.45, 7) is 9.84. The Bertz CT molecular complexity index is 449. The molecule has 3 atom stereocenters. The molecule has 1 saturated carbocycles. The van der Waals surface area contributed by atoms with Crippen molar-refractivity contribution in [2.24, 2.45) is 11.8 Å². The fraction of sp³-hybridized carbons (Fsp3) is 0.684. The van der Waals surface area contributed by atoms with Crippen LogP contribution in [0.3, 0.4) is 0 Å². The van der Waals surface area contributed by atoms with Crippen LogP contribution in [0.2, 0.25) is 0 Å². The van der Waals surface area contributed by atoms with Crippen LogP contribution in [0.15, 0.2) is 24.3 Å². The van der Waals surface area contributed by atoms with Crippen LogP contribution in [0.5, 0.6) is 0 Å². The molecule has 0 radical (unpaired) electrons. The predicted octanol–water partition coefficient (Wildman–Crippen LogP) is 5.12. The second-order valence-electron chi connectivity index (χ2n) is 7.61. The van der Waals surface area contributed by atoms with Gasteiger partial charge in [0.25, 0.3) is 0 Å². The van der Waals surface area contributed by atoms with Crippen molar-refractivity contribution in [1.29, 1.82) is 0 Å². The molecule has 0 aliphatic heterocycles. The molecule has 0 amide bonds. The molecule has 1 fully saturated rings. The first-order chi connectivity index (χ1) is 9.90. The lowest BCUT2D eigenvalue weighted by atomic mass is 9.70. The first kappa shape index (κ1) is 16.5. The van der Waals surface area contributed by atoms with Gasteiger partial charge in [-0.3, -0.25) is 0 Å². The predicted molar refractivity (Wildman–Crippen MR) is 88.0 cm³/mol. The van der Waals surface area contributed by atoms with Crippen molar-refractivity contribution in [3.05, 3.63) is 35.6 Å². The van der Waals surface area contributed by atoms with E-state index < -0.39 is 0 Å². The Kier molecular flexibility index (Phi) is 5.43. The molecule has 1 aromatic rings. The Morgan fingerprint density at radius 1 is 1.19 bits per heavy atom. The highest BCUT2D eigenvalue weighted by atomic mass is 19.1. The molecule has 1 N–H and O–H groups in total. The largest absolute Gasteiger partial charge is 0.312 e. The Morgan fingerprint density at radius 2 is 1.90 bits per heavy atom. The number of benzene rings is 1. The molecule has 1 nitrogen and oxygen atoms in total. The normalized spacial score (nSPS) is 26.8. The van der Waals surface area contributed by atoms with Gasteiger partial charge in [-0.25, -0.2) is 4.39 Å². The maximum atomic E-state index is 14.2. The fourth-order valence-corrected chi connectivity index (χ4v) is 3.53. The summed E-state index contributed by atoms with van der Waals surface area (Å²) in [5.41, 5.74) is 1.05. The summed E-state index contributed by atoms with van der Waals surface area (Å²) in [7, 11) is 0. The third-order valence-electron chi connectivity index (χ3n) is 4.88. The molecule has 0 aromatic heterocycles. The topological polar surface area (TPSA) is 12.0 Å². The lowest BCUT2D eigenvalue weighted by Gasteiger charge is -2.38. The SMILES string of the molecule is CCC1CCC(CNC(C)(C)C)C(c2ccccc2F)C1. The summed E-state index contributed by atoms with van der Waals surface area (Å²) in [5, 5.41) is 3.62. The summed E-state index contributed by atoms with van der Waals surface area (Å²) in [5.74, 6) is 1.63. The minimum Gasteiger partial charge on any atom is -0.312 e. The third kappa shape index (κ3) is 4.54. The second-order valence-corrected chi connectivity index (χ2v) is 7.61. The molecule has 1 aliphatic rings. The van der Waals surface area contributed by atoms with Gasteiger partial charge in [0.2, 0.25) is 0 Å². The fourth-order valence-electron chi connectivity index (χ4n) is 3.53. The van der Waals surface area contributed by atoms with Gasteiger partial charge in [-0.2, -0.15) is 0 Å². The number of hydrogen-bond acceptors (Lipinski definition) is 1.